The van der Waals surface area contributed by atoms with Crippen LogP contribution in [-0.4, -0.2) is 16.1 Å². The Kier molecular flexibility index (Phi) is 8.40. The molecular formula is C15H34OSi. The van der Waals surface area contributed by atoms with Crippen LogP contribution in [0.3, 0.4) is 0 Å². The third-order valence-corrected chi connectivity index (χ3v) is 5.18. The summed E-state index contributed by atoms with van der Waals surface area (Å²) >= 11 is 0. The van der Waals surface area contributed by atoms with Crippen LogP contribution in [0.5, 0.6) is 0 Å². The van der Waals surface area contributed by atoms with Crippen molar-refractivity contribution in [3.63, 3.8) is 0 Å². The lowest BCUT2D eigenvalue weighted by molar-refractivity contribution is -0.0731. The molecular weight excluding hydrogens is 224 g/mol. The lowest BCUT2D eigenvalue weighted by Gasteiger charge is -2.49. The molecule has 0 radical (unpaired) electrons. The van der Waals surface area contributed by atoms with E-state index in [1.54, 1.807) is 0 Å². The van der Waals surface area contributed by atoms with Crippen LogP contribution in [0.15, 0.2) is 0 Å². The van der Waals surface area contributed by atoms with Crippen molar-refractivity contribution in [3.05, 3.63) is 0 Å². The molecule has 0 saturated heterocycles. The van der Waals surface area contributed by atoms with Crippen molar-refractivity contribution in [1.29, 1.82) is 0 Å². The molecule has 0 aliphatic rings. The minimum absolute atomic E-state index is 0.161. The van der Waals surface area contributed by atoms with Crippen molar-refractivity contribution < 1.29 is 4.43 Å². The molecule has 2 heteroatoms. The van der Waals surface area contributed by atoms with Gasteiger partial charge in [-0.3, -0.25) is 0 Å². The molecule has 0 N–H and O–H groups in total. The molecule has 0 rings (SSSR count). The molecule has 0 aliphatic heterocycles. The van der Waals surface area contributed by atoms with E-state index in [9.17, 15) is 0 Å². The summed E-state index contributed by atoms with van der Waals surface area (Å²) in [6.45, 7) is 11.7. The van der Waals surface area contributed by atoms with E-state index in [0.717, 1.165) is 10.5 Å². The maximum atomic E-state index is 6.23. The zero-order valence-electron chi connectivity index (χ0n) is 13.1. The Hall–Kier alpha value is 0.177. The van der Waals surface area contributed by atoms with Gasteiger partial charge in [-0.15, -0.1) is 0 Å². The summed E-state index contributed by atoms with van der Waals surface area (Å²) in [6, 6.07) is 0. The van der Waals surface area contributed by atoms with Gasteiger partial charge in [0.15, 0.2) is 0 Å². The van der Waals surface area contributed by atoms with Gasteiger partial charge in [-0.2, -0.15) is 0 Å². The highest BCUT2D eigenvalue weighted by atomic mass is 28.2. The molecule has 0 saturated carbocycles. The van der Waals surface area contributed by atoms with E-state index in [0.29, 0.717) is 5.41 Å². The topological polar surface area (TPSA) is 9.23 Å². The van der Waals surface area contributed by atoms with Crippen LogP contribution < -0.4 is 0 Å². The first kappa shape index (κ1) is 17.2. The van der Waals surface area contributed by atoms with Crippen molar-refractivity contribution in [2.24, 2.45) is 5.41 Å². The van der Waals surface area contributed by atoms with Gasteiger partial charge in [0.05, 0.1) is 5.60 Å². The Morgan fingerprint density at radius 1 is 0.765 bits per heavy atom. The van der Waals surface area contributed by atoms with Crippen LogP contribution in [0, 0.1) is 5.41 Å². The van der Waals surface area contributed by atoms with Gasteiger partial charge >= 0.3 is 0 Å². The lowest BCUT2D eigenvalue weighted by Crippen LogP contribution is -2.48. The van der Waals surface area contributed by atoms with Crippen molar-refractivity contribution in [3.8, 4) is 0 Å². The minimum atomic E-state index is 0.161. The Labute approximate surface area is 112 Å². The van der Waals surface area contributed by atoms with E-state index >= 15 is 0 Å². The van der Waals surface area contributed by atoms with Gasteiger partial charge in [0.2, 0.25) is 0 Å². The van der Waals surface area contributed by atoms with E-state index in [-0.39, 0.29) is 5.60 Å². The molecule has 0 atom stereocenters. The van der Waals surface area contributed by atoms with Crippen LogP contribution in [0.25, 0.3) is 0 Å². The highest BCUT2D eigenvalue weighted by molar-refractivity contribution is 5.98. The number of hydrogen-bond donors (Lipinski definition) is 0. The summed E-state index contributed by atoms with van der Waals surface area (Å²) in [5, 5.41) is 0. The van der Waals surface area contributed by atoms with Crippen LogP contribution in [0.1, 0.15) is 86.0 Å². The lowest BCUT2D eigenvalue weighted by atomic mass is 9.64. The Morgan fingerprint density at radius 3 is 1.35 bits per heavy atom. The second-order valence-electron chi connectivity index (χ2n) is 5.76. The largest absolute Gasteiger partial charge is 0.422 e. The van der Waals surface area contributed by atoms with Gasteiger partial charge in [-0.25, -0.2) is 0 Å². The molecule has 0 bridgehead atoms. The average molecular weight is 259 g/mol. The Morgan fingerprint density at radius 2 is 1.12 bits per heavy atom. The SMILES string of the molecule is CCCC(C)(CCC)C(CCC)(CCC)O[SiH3]. The molecule has 0 aliphatic carbocycles. The normalized spacial score (nSPS) is 13.2. The van der Waals surface area contributed by atoms with E-state index in [4.69, 9.17) is 4.43 Å². The number of rotatable bonds is 10. The predicted molar refractivity (Wildman–Crippen MR) is 81.5 cm³/mol. The van der Waals surface area contributed by atoms with E-state index in [1.807, 2.05) is 0 Å². The standard InChI is InChI=1S/C15H34OSi/c1-6-10-14(5,11-7-2)15(16-17,12-8-3)13-9-4/h6-13H2,1-5,17H3. The highest BCUT2D eigenvalue weighted by Gasteiger charge is 2.45. The third kappa shape index (κ3) is 4.10. The monoisotopic (exact) mass is 258 g/mol. The molecule has 0 fully saturated rings. The molecule has 0 aromatic rings. The molecule has 0 aromatic carbocycles. The Bertz CT molecular complexity index is 179. The van der Waals surface area contributed by atoms with E-state index in [2.05, 4.69) is 34.6 Å². The molecule has 17 heavy (non-hydrogen) atoms. The van der Waals surface area contributed by atoms with Gasteiger partial charge in [0.1, 0.15) is 10.5 Å². The van der Waals surface area contributed by atoms with Gasteiger partial charge in [0, 0.05) is 0 Å². The molecule has 0 spiro atoms. The van der Waals surface area contributed by atoms with Gasteiger partial charge < -0.3 is 4.43 Å². The van der Waals surface area contributed by atoms with Crippen LogP contribution in [0.2, 0.25) is 0 Å². The third-order valence-electron chi connectivity index (χ3n) is 4.40. The van der Waals surface area contributed by atoms with Crippen LogP contribution in [0.4, 0.5) is 0 Å². The molecule has 1 nitrogen and oxygen atoms in total. The van der Waals surface area contributed by atoms with Crippen molar-refractivity contribution >= 4 is 10.5 Å². The average Bonchev–Trinajstić information content (AvgIpc) is 2.29. The van der Waals surface area contributed by atoms with Gasteiger partial charge in [-0.05, 0) is 31.1 Å². The minimum Gasteiger partial charge on any atom is -0.422 e. The molecule has 104 valence electrons. The zero-order valence-corrected chi connectivity index (χ0v) is 15.1. The first-order chi connectivity index (χ1) is 8.05. The molecule has 0 unspecified atom stereocenters. The van der Waals surface area contributed by atoms with Gasteiger partial charge in [0.25, 0.3) is 0 Å². The molecule has 0 amide bonds. The summed E-state index contributed by atoms with van der Waals surface area (Å²) < 4.78 is 6.23. The smallest absolute Gasteiger partial charge is 0.146 e. The highest BCUT2D eigenvalue weighted by Crippen LogP contribution is 2.47. The fourth-order valence-electron chi connectivity index (χ4n) is 3.67. The van der Waals surface area contributed by atoms with Crippen molar-refractivity contribution in [2.45, 2.75) is 91.6 Å². The fourth-order valence-corrected chi connectivity index (χ4v) is 4.57. The quantitative estimate of drug-likeness (QED) is 0.533. The van der Waals surface area contributed by atoms with Gasteiger partial charge in [-0.1, -0.05) is 60.3 Å². The fraction of sp³-hybridized carbons (Fsp3) is 1.00. The number of hydrogen-bond acceptors (Lipinski definition) is 1. The summed E-state index contributed by atoms with van der Waals surface area (Å²) in [7, 11) is 0.870. The molecule has 0 heterocycles. The van der Waals surface area contributed by atoms with Crippen molar-refractivity contribution in [2.75, 3.05) is 0 Å². The second kappa shape index (κ2) is 8.31. The van der Waals surface area contributed by atoms with Crippen LogP contribution in [-0.2, 0) is 4.43 Å². The summed E-state index contributed by atoms with van der Waals surface area (Å²) in [6.07, 6.45) is 10.1. The zero-order chi connectivity index (χ0) is 13.4. The maximum Gasteiger partial charge on any atom is 0.146 e. The van der Waals surface area contributed by atoms with E-state index < -0.39 is 0 Å². The van der Waals surface area contributed by atoms with E-state index in [1.165, 1.54) is 51.4 Å². The summed E-state index contributed by atoms with van der Waals surface area (Å²) in [5.74, 6) is 0. The van der Waals surface area contributed by atoms with Crippen molar-refractivity contribution in [1.82, 2.24) is 0 Å². The summed E-state index contributed by atoms with van der Waals surface area (Å²) in [4.78, 5) is 0. The Balaban J connectivity index is 5.15. The second-order valence-corrected chi connectivity index (χ2v) is 6.17. The predicted octanol–water partition coefficient (Wildman–Crippen LogP) is 4.23. The summed E-state index contributed by atoms with van der Waals surface area (Å²) in [5.41, 5.74) is 0.541. The first-order valence-corrected chi connectivity index (χ1v) is 8.42. The molecule has 0 aromatic heterocycles. The van der Waals surface area contributed by atoms with Crippen LogP contribution >= 0.6 is 0 Å². The maximum absolute atomic E-state index is 6.23. The first-order valence-electron chi connectivity index (χ1n) is 7.61.